The summed E-state index contributed by atoms with van der Waals surface area (Å²) in [5.74, 6) is 0.487. The van der Waals surface area contributed by atoms with Crippen LogP contribution >= 0.6 is 0 Å². The quantitative estimate of drug-likeness (QED) is 0.925. The molecule has 1 aliphatic heterocycles. The lowest BCUT2D eigenvalue weighted by Gasteiger charge is -2.36. The van der Waals surface area contributed by atoms with E-state index in [2.05, 4.69) is 18.0 Å². The molecule has 2 atom stereocenters. The predicted molar refractivity (Wildman–Crippen MR) is 89.5 cm³/mol. The van der Waals surface area contributed by atoms with Gasteiger partial charge in [-0.05, 0) is 18.9 Å². The van der Waals surface area contributed by atoms with Gasteiger partial charge in [-0.1, -0.05) is 12.6 Å². The number of benzene rings is 1. The summed E-state index contributed by atoms with van der Waals surface area (Å²) in [4.78, 5) is 12.6. The van der Waals surface area contributed by atoms with Crippen LogP contribution in [-0.2, 0) is 4.79 Å². The van der Waals surface area contributed by atoms with Crippen LogP contribution in [0.2, 0.25) is 0 Å². The smallest absolute Gasteiger partial charge is 0.161 e. The summed E-state index contributed by atoms with van der Waals surface area (Å²) in [6.07, 6.45) is 2.13. The fourth-order valence-corrected chi connectivity index (χ4v) is 3.56. The molecule has 1 aromatic rings. The van der Waals surface area contributed by atoms with E-state index < -0.39 is 5.92 Å². The molecular weight excluding hydrogens is 304 g/mol. The molecule has 0 radical (unpaired) electrons. The maximum atomic E-state index is 12.6. The Morgan fingerprint density at radius 3 is 2.75 bits per heavy atom. The van der Waals surface area contributed by atoms with Crippen LogP contribution < -0.4 is 14.8 Å². The van der Waals surface area contributed by atoms with Gasteiger partial charge in [-0.3, -0.25) is 4.79 Å². The van der Waals surface area contributed by atoms with Gasteiger partial charge in [0.25, 0.3) is 0 Å². The molecule has 0 saturated heterocycles. The molecule has 0 aromatic heterocycles. The summed E-state index contributed by atoms with van der Waals surface area (Å²) in [6.45, 7) is 4.00. The van der Waals surface area contributed by atoms with E-state index in [1.54, 1.807) is 20.3 Å². The second-order valence-electron chi connectivity index (χ2n) is 6.01. The molecule has 2 unspecified atom stereocenters. The lowest BCUT2D eigenvalue weighted by atomic mass is 9.72. The molecule has 0 fully saturated rings. The molecule has 2 aliphatic rings. The molecule has 1 aromatic carbocycles. The van der Waals surface area contributed by atoms with E-state index in [4.69, 9.17) is 9.47 Å². The fourth-order valence-electron chi connectivity index (χ4n) is 3.56. The molecule has 1 heterocycles. The number of ketones is 1. The van der Waals surface area contributed by atoms with Crippen molar-refractivity contribution in [1.29, 1.82) is 5.26 Å². The summed E-state index contributed by atoms with van der Waals surface area (Å²) in [5, 5.41) is 12.9. The average Bonchev–Trinajstić information content (AvgIpc) is 2.60. The van der Waals surface area contributed by atoms with Crippen LogP contribution in [0.3, 0.4) is 0 Å². The van der Waals surface area contributed by atoms with E-state index >= 15 is 0 Å². The first kappa shape index (κ1) is 16.1. The van der Waals surface area contributed by atoms with Crippen molar-refractivity contribution in [3.05, 3.63) is 47.3 Å². The minimum absolute atomic E-state index is 0.0966. The highest BCUT2D eigenvalue weighted by Gasteiger charge is 2.41. The zero-order valence-electron chi connectivity index (χ0n) is 13.9. The molecule has 5 heteroatoms. The molecule has 1 N–H and O–H groups in total. The number of rotatable bonds is 3. The minimum Gasteiger partial charge on any atom is -0.497 e. The van der Waals surface area contributed by atoms with E-state index in [9.17, 15) is 10.1 Å². The number of carbonyl (C=O) groups excluding carboxylic acids is 1. The number of methoxy groups -OCH3 is 2. The van der Waals surface area contributed by atoms with Crippen molar-refractivity contribution in [3.63, 3.8) is 0 Å². The Hall–Kier alpha value is -2.74. The Balaban J connectivity index is 2.20. The summed E-state index contributed by atoms with van der Waals surface area (Å²) in [6, 6.07) is 7.78. The Bertz CT molecular complexity index is 773. The Morgan fingerprint density at radius 1 is 1.29 bits per heavy atom. The number of nitrogens with one attached hydrogen (secondary N) is 1. The largest absolute Gasteiger partial charge is 0.497 e. The van der Waals surface area contributed by atoms with Crippen LogP contribution in [0, 0.1) is 17.2 Å². The van der Waals surface area contributed by atoms with Crippen LogP contribution in [0.15, 0.2) is 41.7 Å². The highest BCUT2D eigenvalue weighted by atomic mass is 16.5. The van der Waals surface area contributed by atoms with Gasteiger partial charge in [0.1, 0.15) is 11.5 Å². The first-order chi connectivity index (χ1) is 11.6. The number of carbonyl (C=O) groups is 1. The zero-order chi connectivity index (χ0) is 17.3. The van der Waals surface area contributed by atoms with Gasteiger partial charge in [0.15, 0.2) is 5.78 Å². The van der Waals surface area contributed by atoms with Crippen molar-refractivity contribution < 1.29 is 14.3 Å². The van der Waals surface area contributed by atoms with E-state index in [0.29, 0.717) is 29.2 Å². The van der Waals surface area contributed by atoms with E-state index in [-0.39, 0.29) is 11.7 Å². The maximum Gasteiger partial charge on any atom is 0.161 e. The number of hydrogen-bond donors (Lipinski definition) is 1. The molecule has 24 heavy (non-hydrogen) atoms. The Morgan fingerprint density at radius 2 is 2.08 bits per heavy atom. The van der Waals surface area contributed by atoms with Gasteiger partial charge in [0, 0.05) is 40.9 Å². The molecule has 0 bridgehead atoms. The standard InChI is InChI=1S/C19H20N2O3/c1-11-14(10-20)18(19-15(21-11)5-4-6-16(19)22)13-8-7-12(23-2)9-17(13)24-3/h7-9,14,18,21H,1,4-6H2,2-3H3. The van der Waals surface area contributed by atoms with Crippen molar-refractivity contribution in [2.45, 2.75) is 25.2 Å². The van der Waals surface area contributed by atoms with Crippen LogP contribution in [0.1, 0.15) is 30.7 Å². The maximum absolute atomic E-state index is 12.6. The molecule has 0 saturated carbocycles. The summed E-state index contributed by atoms with van der Waals surface area (Å²) >= 11 is 0. The van der Waals surface area contributed by atoms with Crippen molar-refractivity contribution in [2.24, 2.45) is 5.92 Å². The molecule has 3 rings (SSSR count). The zero-order valence-corrected chi connectivity index (χ0v) is 13.9. The van der Waals surface area contributed by atoms with Crippen LogP contribution in [0.4, 0.5) is 0 Å². The highest BCUT2D eigenvalue weighted by Crippen LogP contribution is 2.46. The molecular formula is C19H20N2O3. The fraction of sp³-hybridized carbons (Fsp3) is 0.368. The molecule has 124 valence electrons. The van der Waals surface area contributed by atoms with Crippen LogP contribution in [-0.4, -0.2) is 20.0 Å². The van der Waals surface area contributed by atoms with Crippen molar-refractivity contribution in [2.75, 3.05) is 14.2 Å². The number of nitrogens with zero attached hydrogens (tertiary/aromatic N) is 1. The van der Waals surface area contributed by atoms with Gasteiger partial charge in [-0.15, -0.1) is 0 Å². The van der Waals surface area contributed by atoms with E-state index in [0.717, 1.165) is 24.1 Å². The third kappa shape index (κ3) is 2.54. The average molecular weight is 324 g/mol. The highest BCUT2D eigenvalue weighted by molar-refractivity contribution is 5.99. The summed E-state index contributed by atoms with van der Waals surface area (Å²) in [5.41, 5.74) is 3.04. The van der Waals surface area contributed by atoms with E-state index in [1.165, 1.54) is 0 Å². The number of hydrogen-bond acceptors (Lipinski definition) is 5. The Labute approximate surface area is 141 Å². The van der Waals surface area contributed by atoms with Gasteiger partial charge in [0.05, 0.1) is 26.2 Å². The molecule has 5 nitrogen and oxygen atoms in total. The molecule has 0 amide bonds. The second kappa shape index (κ2) is 6.40. The van der Waals surface area contributed by atoms with E-state index in [1.807, 2.05) is 12.1 Å². The van der Waals surface area contributed by atoms with Crippen molar-refractivity contribution >= 4 is 5.78 Å². The van der Waals surface area contributed by atoms with Crippen molar-refractivity contribution in [1.82, 2.24) is 5.32 Å². The number of ether oxygens (including phenoxy) is 2. The van der Waals surface area contributed by atoms with Crippen LogP contribution in [0.5, 0.6) is 11.5 Å². The summed E-state index contributed by atoms with van der Waals surface area (Å²) < 4.78 is 10.8. The topological polar surface area (TPSA) is 71.3 Å². The molecule has 0 spiro atoms. The van der Waals surface area contributed by atoms with Gasteiger partial charge in [0.2, 0.25) is 0 Å². The lowest BCUT2D eigenvalue weighted by molar-refractivity contribution is -0.116. The van der Waals surface area contributed by atoms with Gasteiger partial charge in [-0.2, -0.15) is 5.26 Å². The first-order valence-electron chi connectivity index (χ1n) is 7.94. The Kier molecular flexibility index (Phi) is 4.30. The lowest BCUT2D eigenvalue weighted by Crippen LogP contribution is -2.36. The number of Topliss-reactive ketones (excluding diaryl/α,β-unsaturated/α-hetero) is 1. The third-order valence-corrected chi connectivity index (χ3v) is 4.70. The number of nitriles is 1. The minimum atomic E-state index is -0.520. The van der Waals surface area contributed by atoms with Crippen LogP contribution in [0.25, 0.3) is 0 Å². The third-order valence-electron chi connectivity index (χ3n) is 4.70. The van der Waals surface area contributed by atoms with Gasteiger partial charge >= 0.3 is 0 Å². The second-order valence-corrected chi connectivity index (χ2v) is 6.01. The molecule has 1 aliphatic carbocycles. The monoisotopic (exact) mass is 324 g/mol. The normalized spacial score (nSPS) is 23.2. The first-order valence-corrected chi connectivity index (χ1v) is 7.94. The number of allylic oxidation sites excluding steroid dienone is 3. The van der Waals surface area contributed by atoms with Crippen molar-refractivity contribution in [3.8, 4) is 17.6 Å². The summed E-state index contributed by atoms with van der Waals surface area (Å²) in [7, 11) is 3.16. The SMILES string of the molecule is C=C1NC2=C(C(=O)CCC2)C(c2ccc(OC)cc2OC)C1C#N. The predicted octanol–water partition coefficient (Wildman–Crippen LogP) is 3.05. The van der Waals surface area contributed by atoms with Gasteiger partial charge in [-0.25, -0.2) is 0 Å². The van der Waals surface area contributed by atoms with Gasteiger partial charge < -0.3 is 14.8 Å².